The van der Waals surface area contributed by atoms with Crippen LogP contribution in [0.1, 0.15) is 16.8 Å². The number of ether oxygens (including phenoxy) is 1. The van der Waals surface area contributed by atoms with Crippen molar-refractivity contribution in [2.24, 2.45) is 7.05 Å². The molecule has 8 nitrogen and oxygen atoms in total. The van der Waals surface area contributed by atoms with Crippen LogP contribution in [0.2, 0.25) is 0 Å². The summed E-state index contributed by atoms with van der Waals surface area (Å²) in [6, 6.07) is 1.42. The van der Waals surface area contributed by atoms with E-state index in [4.69, 9.17) is 4.74 Å². The highest BCUT2D eigenvalue weighted by molar-refractivity contribution is 5.96. The van der Waals surface area contributed by atoms with Crippen molar-refractivity contribution >= 4 is 16.9 Å². The maximum Gasteiger partial charge on any atom is 0.329 e. The number of hydrogen-bond donors (Lipinski definition) is 2. The number of carbonyl (C=O) groups is 1. The fraction of sp³-hybridized carbons (Fsp3) is 0.385. The van der Waals surface area contributed by atoms with Gasteiger partial charge in [-0.05, 0) is 12.5 Å². The number of H-pyrrole nitrogens is 1. The number of aromatic nitrogens is 3. The van der Waals surface area contributed by atoms with Crippen LogP contribution in [0, 0.1) is 0 Å². The molecule has 0 aliphatic heterocycles. The molecule has 0 saturated heterocycles. The molecule has 0 fully saturated rings. The zero-order valence-corrected chi connectivity index (χ0v) is 11.8. The van der Waals surface area contributed by atoms with Gasteiger partial charge in [-0.15, -0.1) is 0 Å². The maximum absolute atomic E-state index is 11.9. The van der Waals surface area contributed by atoms with Crippen LogP contribution in [0.5, 0.6) is 0 Å². The largest absolute Gasteiger partial charge is 0.385 e. The van der Waals surface area contributed by atoms with Gasteiger partial charge in [0.2, 0.25) is 0 Å². The molecule has 0 atom stereocenters. The fourth-order valence-corrected chi connectivity index (χ4v) is 1.88. The van der Waals surface area contributed by atoms with E-state index in [0.29, 0.717) is 19.6 Å². The second kappa shape index (κ2) is 6.31. The summed E-state index contributed by atoms with van der Waals surface area (Å²) in [5.41, 5.74) is -0.602. The number of aromatic amines is 1. The van der Waals surface area contributed by atoms with Crippen LogP contribution in [0.15, 0.2) is 21.9 Å². The van der Waals surface area contributed by atoms with E-state index in [1.807, 2.05) is 0 Å². The molecule has 1 amide bonds. The molecule has 0 saturated carbocycles. The van der Waals surface area contributed by atoms with Crippen molar-refractivity contribution < 1.29 is 9.53 Å². The summed E-state index contributed by atoms with van der Waals surface area (Å²) >= 11 is 0. The van der Waals surface area contributed by atoms with Crippen molar-refractivity contribution in [1.82, 2.24) is 19.9 Å². The number of fused-ring (bicyclic) bond motifs is 1. The van der Waals surface area contributed by atoms with Gasteiger partial charge in [0.1, 0.15) is 5.65 Å². The van der Waals surface area contributed by atoms with Gasteiger partial charge < -0.3 is 10.1 Å². The number of methoxy groups -OCH3 is 1. The van der Waals surface area contributed by atoms with E-state index in [1.54, 1.807) is 7.11 Å². The Morgan fingerprint density at radius 2 is 2.24 bits per heavy atom. The second-order valence-electron chi connectivity index (χ2n) is 4.52. The van der Waals surface area contributed by atoms with E-state index in [-0.39, 0.29) is 22.5 Å². The van der Waals surface area contributed by atoms with Gasteiger partial charge in [0.15, 0.2) is 0 Å². The van der Waals surface area contributed by atoms with Crippen LogP contribution in [-0.4, -0.2) is 40.7 Å². The summed E-state index contributed by atoms with van der Waals surface area (Å²) in [5, 5.41) is 2.90. The third kappa shape index (κ3) is 3.16. The molecule has 2 N–H and O–H groups in total. The van der Waals surface area contributed by atoms with Crippen molar-refractivity contribution in [3.63, 3.8) is 0 Å². The number of carbonyl (C=O) groups excluding carboxylic acids is 1. The molecule has 2 aromatic rings. The van der Waals surface area contributed by atoms with Crippen molar-refractivity contribution in [3.8, 4) is 0 Å². The molecule has 2 rings (SSSR count). The molecule has 112 valence electrons. The minimum absolute atomic E-state index is 0.196. The first kappa shape index (κ1) is 14.9. The van der Waals surface area contributed by atoms with Crippen molar-refractivity contribution in [3.05, 3.63) is 38.7 Å². The zero-order chi connectivity index (χ0) is 15.4. The average molecular weight is 292 g/mol. The first-order valence-corrected chi connectivity index (χ1v) is 6.41. The summed E-state index contributed by atoms with van der Waals surface area (Å²) in [7, 11) is 3.09. The molecule has 21 heavy (non-hydrogen) atoms. The van der Waals surface area contributed by atoms with Gasteiger partial charge in [-0.2, -0.15) is 0 Å². The predicted octanol–water partition coefficient (Wildman–Crippen LogP) is -0.612. The Bertz CT molecular complexity index is 778. The fourth-order valence-electron chi connectivity index (χ4n) is 1.88. The first-order chi connectivity index (χ1) is 10.0. The number of nitrogens with one attached hydrogen (secondary N) is 2. The molecule has 2 heterocycles. The van der Waals surface area contributed by atoms with Gasteiger partial charge in [-0.3, -0.25) is 19.1 Å². The first-order valence-electron chi connectivity index (χ1n) is 6.41. The van der Waals surface area contributed by atoms with Gasteiger partial charge in [0, 0.05) is 33.5 Å². The lowest BCUT2D eigenvalue weighted by atomic mass is 10.2. The standard InChI is InChI=1S/C13H16N4O4/c1-17-10-9(12(19)16-13(17)20)6-8(7-15-10)11(18)14-4-3-5-21-2/h6-7H,3-5H2,1-2H3,(H,14,18)(H,16,19,20). The molecule has 0 radical (unpaired) electrons. The number of amides is 1. The minimum atomic E-state index is -0.561. The van der Waals surface area contributed by atoms with E-state index < -0.39 is 11.2 Å². The van der Waals surface area contributed by atoms with Gasteiger partial charge >= 0.3 is 5.69 Å². The molecule has 0 aliphatic rings. The molecular weight excluding hydrogens is 276 g/mol. The number of nitrogens with zero attached hydrogens (tertiary/aromatic N) is 2. The molecule has 0 aliphatic carbocycles. The smallest absolute Gasteiger partial charge is 0.329 e. The lowest BCUT2D eigenvalue weighted by molar-refractivity contribution is 0.0948. The molecule has 0 unspecified atom stereocenters. The summed E-state index contributed by atoms with van der Waals surface area (Å²) in [4.78, 5) is 41.4. The third-order valence-corrected chi connectivity index (χ3v) is 3.03. The molecule has 2 aromatic heterocycles. The SMILES string of the molecule is COCCCNC(=O)c1cnc2c(c1)c(=O)[nH]c(=O)n2C. The monoisotopic (exact) mass is 292 g/mol. The van der Waals surface area contributed by atoms with Crippen LogP contribution in [0.3, 0.4) is 0 Å². The van der Waals surface area contributed by atoms with Crippen LogP contribution in [0.25, 0.3) is 11.0 Å². The van der Waals surface area contributed by atoms with E-state index in [0.717, 1.165) is 0 Å². The van der Waals surface area contributed by atoms with Crippen molar-refractivity contribution in [2.45, 2.75) is 6.42 Å². The second-order valence-corrected chi connectivity index (χ2v) is 4.52. The van der Waals surface area contributed by atoms with Crippen LogP contribution >= 0.6 is 0 Å². The summed E-state index contributed by atoms with van der Waals surface area (Å²) < 4.78 is 6.10. The quantitative estimate of drug-likeness (QED) is 0.715. The number of pyridine rings is 1. The Labute approximate surface area is 119 Å². The maximum atomic E-state index is 11.9. The van der Waals surface area contributed by atoms with E-state index in [1.165, 1.54) is 23.9 Å². The van der Waals surface area contributed by atoms with Gasteiger partial charge in [-0.1, -0.05) is 0 Å². The van der Waals surface area contributed by atoms with Crippen LogP contribution in [0.4, 0.5) is 0 Å². The normalized spacial score (nSPS) is 10.8. The van der Waals surface area contributed by atoms with Gasteiger partial charge in [0.05, 0.1) is 10.9 Å². The Morgan fingerprint density at radius 3 is 2.95 bits per heavy atom. The summed E-state index contributed by atoms with van der Waals surface area (Å²) in [5.74, 6) is -0.325. The lowest BCUT2D eigenvalue weighted by Gasteiger charge is -2.06. The summed E-state index contributed by atoms with van der Waals surface area (Å²) in [6.07, 6.45) is 2.03. The van der Waals surface area contributed by atoms with Gasteiger partial charge in [0.25, 0.3) is 11.5 Å². The number of aryl methyl sites for hydroxylation is 1. The highest BCUT2D eigenvalue weighted by Gasteiger charge is 2.11. The Kier molecular flexibility index (Phi) is 4.49. The zero-order valence-electron chi connectivity index (χ0n) is 11.8. The van der Waals surface area contributed by atoms with Crippen molar-refractivity contribution in [1.29, 1.82) is 0 Å². The topological polar surface area (TPSA) is 106 Å². The minimum Gasteiger partial charge on any atom is -0.385 e. The molecule has 0 aromatic carbocycles. The highest BCUT2D eigenvalue weighted by Crippen LogP contribution is 2.06. The molecular formula is C13H16N4O4. The third-order valence-electron chi connectivity index (χ3n) is 3.03. The highest BCUT2D eigenvalue weighted by atomic mass is 16.5. The molecule has 8 heteroatoms. The van der Waals surface area contributed by atoms with Crippen molar-refractivity contribution in [2.75, 3.05) is 20.3 Å². The van der Waals surface area contributed by atoms with Crippen LogP contribution in [-0.2, 0) is 11.8 Å². The van der Waals surface area contributed by atoms with E-state index >= 15 is 0 Å². The molecule has 0 bridgehead atoms. The number of hydrogen-bond acceptors (Lipinski definition) is 5. The van der Waals surface area contributed by atoms with Gasteiger partial charge in [-0.25, -0.2) is 9.78 Å². The molecule has 0 spiro atoms. The summed E-state index contributed by atoms with van der Waals surface area (Å²) in [6.45, 7) is 1.02. The van der Waals surface area contributed by atoms with E-state index in [9.17, 15) is 14.4 Å². The Morgan fingerprint density at radius 1 is 1.48 bits per heavy atom. The lowest BCUT2D eigenvalue weighted by Crippen LogP contribution is -2.30. The van der Waals surface area contributed by atoms with Crippen LogP contribution < -0.4 is 16.6 Å². The predicted molar refractivity (Wildman–Crippen MR) is 76.4 cm³/mol. The average Bonchev–Trinajstić information content (AvgIpc) is 2.48. The van der Waals surface area contributed by atoms with E-state index in [2.05, 4.69) is 15.3 Å². The number of rotatable bonds is 5. The Balaban J connectivity index is 2.29. The Hall–Kier alpha value is -2.48.